The minimum Gasteiger partial charge on any atom is -0.481 e. The molecule has 0 saturated heterocycles. The summed E-state index contributed by atoms with van der Waals surface area (Å²) in [6.07, 6.45) is 63.7. The first-order chi connectivity index (χ1) is 25.7. The highest BCUT2D eigenvalue weighted by molar-refractivity contribution is 5.69. The van der Waals surface area contributed by atoms with Gasteiger partial charge < -0.3 is 5.11 Å². The average molecular weight is 733 g/mol. The average Bonchev–Trinajstić information content (AvgIpc) is 3.14. The molecule has 1 N–H and O–H groups in total. The predicted molar refractivity (Wildman–Crippen MR) is 235 cm³/mol. The highest BCUT2D eigenvalue weighted by Gasteiger charge is 2.16. The van der Waals surface area contributed by atoms with Gasteiger partial charge in [0.1, 0.15) is 0 Å². The predicted octanol–water partition coefficient (Wildman–Crippen LogP) is 18.7. The van der Waals surface area contributed by atoms with Crippen LogP contribution in [0.25, 0.3) is 0 Å². The molecule has 0 aromatic heterocycles. The van der Waals surface area contributed by atoms with E-state index >= 15 is 0 Å². The molecule has 0 aliphatic rings. The van der Waals surface area contributed by atoms with Crippen LogP contribution in [0.4, 0.5) is 0 Å². The van der Waals surface area contributed by atoms with Crippen LogP contribution in [0, 0.1) is 5.92 Å². The number of hydrogen-bond donors (Lipinski definition) is 1. The van der Waals surface area contributed by atoms with Crippen molar-refractivity contribution in [3.8, 4) is 0 Å². The molecule has 0 aromatic rings. The van der Waals surface area contributed by atoms with Crippen molar-refractivity contribution < 1.29 is 9.90 Å². The molecule has 0 radical (unpaired) electrons. The van der Waals surface area contributed by atoms with Crippen LogP contribution in [0.3, 0.4) is 0 Å². The Morgan fingerprint density at radius 3 is 0.538 bits per heavy atom. The maximum absolute atomic E-state index is 11.7. The minimum absolute atomic E-state index is 0.100. The number of carboxylic acid groups (broad SMARTS) is 1. The first kappa shape index (κ1) is 51.5. The highest BCUT2D eigenvalue weighted by atomic mass is 16.4. The van der Waals surface area contributed by atoms with E-state index in [4.69, 9.17) is 0 Å². The molecule has 0 bridgehead atoms. The van der Waals surface area contributed by atoms with Gasteiger partial charge in [-0.15, -0.1) is 0 Å². The third kappa shape index (κ3) is 43.9. The molecule has 2 nitrogen and oxygen atoms in total. The van der Waals surface area contributed by atoms with Crippen LogP contribution in [0.1, 0.15) is 309 Å². The molecular formula is C50H100O2. The molecule has 2 heteroatoms. The van der Waals surface area contributed by atoms with Crippen molar-refractivity contribution in [2.24, 2.45) is 5.92 Å². The molecule has 0 spiro atoms. The van der Waals surface area contributed by atoms with Crippen LogP contribution >= 0.6 is 0 Å². The summed E-state index contributed by atoms with van der Waals surface area (Å²) in [7, 11) is 0. The Hall–Kier alpha value is -0.530. The van der Waals surface area contributed by atoms with Gasteiger partial charge in [-0.1, -0.05) is 296 Å². The Balaban J connectivity index is 3.26. The maximum Gasteiger partial charge on any atom is 0.306 e. The largest absolute Gasteiger partial charge is 0.481 e. The van der Waals surface area contributed by atoms with Gasteiger partial charge in [0.05, 0.1) is 5.92 Å². The van der Waals surface area contributed by atoms with Crippen molar-refractivity contribution in [1.29, 1.82) is 0 Å². The molecule has 0 saturated carbocycles. The number of carboxylic acids is 1. The number of carbonyl (C=O) groups is 1. The number of hydrogen-bond acceptors (Lipinski definition) is 1. The smallest absolute Gasteiger partial charge is 0.306 e. The van der Waals surface area contributed by atoms with E-state index in [1.54, 1.807) is 0 Å². The van der Waals surface area contributed by atoms with Crippen molar-refractivity contribution in [2.45, 2.75) is 309 Å². The zero-order valence-corrected chi connectivity index (χ0v) is 36.5. The van der Waals surface area contributed by atoms with Gasteiger partial charge in [-0.05, 0) is 12.8 Å². The lowest BCUT2D eigenvalue weighted by atomic mass is 9.94. The van der Waals surface area contributed by atoms with E-state index in [2.05, 4.69) is 13.8 Å². The molecule has 0 fully saturated rings. The van der Waals surface area contributed by atoms with Gasteiger partial charge in [-0.3, -0.25) is 4.79 Å². The first-order valence-corrected chi connectivity index (χ1v) is 24.9. The van der Waals surface area contributed by atoms with Gasteiger partial charge in [-0.2, -0.15) is 0 Å². The van der Waals surface area contributed by atoms with Crippen LogP contribution in [0.2, 0.25) is 0 Å². The second kappa shape index (κ2) is 46.6. The van der Waals surface area contributed by atoms with Gasteiger partial charge in [0.2, 0.25) is 0 Å². The molecule has 52 heavy (non-hydrogen) atoms. The van der Waals surface area contributed by atoms with Crippen molar-refractivity contribution in [3.63, 3.8) is 0 Å². The van der Waals surface area contributed by atoms with Crippen molar-refractivity contribution >= 4 is 5.97 Å². The fourth-order valence-electron chi connectivity index (χ4n) is 8.39. The highest BCUT2D eigenvalue weighted by Crippen LogP contribution is 2.21. The number of rotatable bonds is 47. The number of aliphatic carboxylic acids is 1. The molecule has 0 rings (SSSR count). The summed E-state index contributed by atoms with van der Waals surface area (Å²) in [4.78, 5) is 11.7. The van der Waals surface area contributed by atoms with Crippen LogP contribution < -0.4 is 0 Å². The Kier molecular flexibility index (Phi) is 46.1. The van der Waals surface area contributed by atoms with E-state index in [-0.39, 0.29) is 5.92 Å². The van der Waals surface area contributed by atoms with E-state index < -0.39 is 5.97 Å². The zero-order chi connectivity index (χ0) is 37.7. The fraction of sp³-hybridized carbons (Fsp3) is 0.980. The first-order valence-electron chi connectivity index (χ1n) is 24.9. The molecule has 0 amide bonds. The van der Waals surface area contributed by atoms with Gasteiger partial charge in [0, 0.05) is 0 Å². The Morgan fingerprint density at radius 1 is 0.269 bits per heavy atom. The van der Waals surface area contributed by atoms with Crippen LogP contribution in [0.15, 0.2) is 0 Å². The molecule has 312 valence electrons. The maximum atomic E-state index is 11.7. The van der Waals surface area contributed by atoms with Gasteiger partial charge in [0.25, 0.3) is 0 Å². The summed E-state index contributed by atoms with van der Waals surface area (Å²) in [5, 5.41) is 9.67. The van der Waals surface area contributed by atoms with E-state index in [1.807, 2.05) is 0 Å². The summed E-state index contributed by atoms with van der Waals surface area (Å²) in [5.41, 5.74) is 0. The molecule has 0 aliphatic heterocycles. The zero-order valence-electron chi connectivity index (χ0n) is 36.5. The van der Waals surface area contributed by atoms with E-state index in [1.165, 1.54) is 270 Å². The summed E-state index contributed by atoms with van der Waals surface area (Å²) < 4.78 is 0. The second-order valence-corrected chi connectivity index (χ2v) is 17.5. The SMILES string of the molecule is CCCCCCCCCCCCCCCCCCCCCCCCCCCCCCCCCCC(CCCCCCCCCCCCCC)C(=O)O. The second-order valence-electron chi connectivity index (χ2n) is 17.5. The Morgan fingerprint density at radius 2 is 0.404 bits per heavy atom. The van der Waals surface area contributed by atoms with Crippen molar-refractivity contribution in [2.75, 3.05) is 0 Å². The Labute approximate surface area is 330 Å². The molecule has 1 atom stereocenters. The topological polar surface area (TPSA) is 37.3 Å². The lowest BCUT2D eigenvalue weighted by molar-refractivity contribution is -0.142. The minimum atomic E-state index is -0.552. The van der Waals surface area contributed by atoms with Crippen LogP contribution in [-0.2, 0) is 4.79 Å². The van der Waals surface area contributed by atoms with Crippen molar-refractivity contribution in [1.82, 2.24) is 0 Å². The van der Waals surface area contributed by atoms with Crippen LogP contribution in [0.5, 0.6) is 0 Å². The summed E-state index contributed by atoms with van der Waals surface area (Å²) in [6, 6.07) is 0. The summed E-state index contributed by atoms with van der Waals surface area (Å²) >= 11 is 0. The lowest BCUT2D eigenvalue weighted by Gasteiger charge is -2.12. The van der Waals surface area contributed by atoms with E-state index in [0.29, 0.717) is 0 Å². The van der Waals surface area contributed by atoms with Gasteiger partial charge in [-0.25, -0.2) is 0 Å². The van der Waals surface area contributed by atoms with Gasteiger partial charge in [0.15, 0.2) is 0 Å². The third-order valence-corrected chi connectivity index (χ3v) is 12.2. The summed E-state index contributed by atoms with van der Waals surface area (Å²) in [5.74, 6) is -0.652. The number of unbranched alkanes of at least 4 members (excludes halogenated alkanes) is 42. The standard InChI is InChI=1S/C50H100O2/c1-3-5-7-9-11-13-15-17-18-19-20-21-22-23-24-25-26-27-28-29-30-31-32-33-34-35-36-38-40-42-44-46-48-49(50(51)52)47-45-43-41-39-37-16-14-12-10-8-6-4-2/h49H,3-48H2,1-2H3,(H,51,52). The summed E-state index contributed by atoms with van der Waals surface area (Å²) in [6.45, 7) is 4.59. The monoisotopic (exact) mass is 733 g/mol. The molecule has 0 aromatic carbocycles. The molecule has 0 heterocycles. The normalized spacial score (nSPS) is 12.2. The third-order valence-electron chi connectivity index (χ3n) is 12.2. The quantitative estimate of drug-likeness (QED) is 0.0633. The lowest BCUT2D eigenvalue weighted by Crippen LogP contribution is -2.13. The fourth-order valence-corrected chi connectivity index (χ4v) is 8.39. The Bertz CT molecular complexity index is 644. The van der Waals surface area contributed by atoms with Gasteiger partial charge >= 0.3 is 5.97 Å². The molecule has 0 aliphatic carbocycles. The molecule has 1 unspecified atom stereocenters. The van der Waals surface area contributed by atoms with E-state index in [9.17, 15) is 9.90 Å². The molecular weight excluding hydrogens is 633 g/mol. The van der Waals surface area contributed by atoms with Crippen LogP contribution in [-0.4, -0.2) is 11.1 Å². The van der Waals surface area contributed by atoms with Crippen molar-refractivity contribution in [3.05, 3.63) is 0 Å². The van der Waals surface area contributed by atoms with E-state index in [0.717, 1.165) is 25.7 Å².